The molecular weight excluding hydrogens is 144 g/mol. The lowest BCUT2D eigenvalue weighted by Crippen LogP contribution is -2.48. The second-order valence-corrected chi connectivity index (χ2v) is 2.81. The smallest absolute Gasteiger partial charge is 0.322 e. The number of ether oxygens (including phenoxy) is 1. The minimum absolute atomic E-state index is 0.139. The van der Waals surface area contributed by atoms with Crippen LogP contribution in [-0.4, -0.2) is 31.7 Å². The predicted octanol–water partition coefficient (Wildman–Crippen LogP) is -0.761. The number of piperidine rings is 1. The molecule has 1 heterocycles. The molecule has 64 valence electrons. The lowest BCUT2D eigenvalue weighted by molar-refractivity contribution is -0.143. The molecule has 4 heteroatoms. The third-order valence-electron chi connectivity index (χ3n) is 1.93. The van der Waals surface area contributed by atoms with Crippen LogP contribution in [0.15, 0.2) is 0 Å². The van der Waals surface area contributed by atoms with Crippen molar-refractivity contribution in [3.63, 3.8) is 0 Å². The van der Waals surface area contributed by atoms with Crippen LogP contribution in [0.25, 0.3) is 0 Å². The molecule has 0 aromatic heterocycles. The van der Waals surface area contributed by atoms with Crippen molar-refractivity contribution in [1.82, 2.24) is 5.32 Å². The highest BCUT2D eigenvalue weighted by molar-refractivity contribution is 5.75. The fourth-order valence-corrected chi connectivity index (χ4v) is 1.27. The van der Waals surface area contributed by atoms with E-state index in [0.29, 0.717) is 6.42 Å². The van der Waals surface area contributed by atoms with Gasteiger partial charge in [0, 0.05) is 6.04 Å². The first-order valence-electron chi connectivity index (χ1n) is 3.81. The van der Waals surface area contributed by atoms with E-state index in [-0.39, 0.29) is 18.1 Å². The van der Waals surface area contributed by atoms with E-state index in [0.717, 1.165) is 13.0 Å². The molecule has 0 unspecified atom stereocenters. The zero-order valence-corrected chi connectivity index (χ0v) is 6.67. The maximum atomic E-state index is 11.0. The number of carbonyl (C=O) groups excluding carboxylic acids is 1. The normalized spacial score (nSPS) is 31.5. The quantitative estimate of drug-likeness (QED) is 0.492. The molecule has 1 aliphatic rings. The first kappa shape index (κ1) is 8.49. The summed E-state index contributed by atoms with van der Waals surface area (Å²) in [6.45, 7) is 0.806. The standard InChI is InChI=1S/C7H14N2O2/c1-11-7(10)6-4-5(8)2-3-9-6/h5-6,9H,2-4,8H2,1H3/t5-,6+/m0/s1. The van der Waals surface area contributed by atoms with Gasteiger partial charge in [-0.1, -0.05) is 0 Å². The van der Waals surface area contributed by atoms with Gasteiger partial charge >= 0.3 is 5.97 Å². The van der Waals surface area contributed by atoms with E-state index >= 15 is 0 Å². The molecule has 1 fully saturated rings. The van der Waals surface area contributed by atoms with E-state index in [9.17, 15) is 4.79 Å². The van der Waals surface area contributed by atoms with Crippen LogP contribution in [0.3, 0.4) is 0 Å². The summed E-state index contributed by atoms with van der Waals surface area (Å²) in [6.07, 6.45) is 1.63. The molecule has 0 bridgehead atoms. The number of methoxy groups -OCH3 is 1. The first-order chi connectivity index (χ1) is 5.24. The summed E-state index contributed by atoms with van der Waals surface area (Å²) >= 11 is 0. The lowest BCUT2D eigenvalue weighted by atomic mass is 10.0. The molecule has 11 heavy (non-hydrogen) atoms. The van der Waals surface area contributed by atoms with Crippen LogP contribution in [0, 0.1) is 0 Å². The topological polar surface area (TPSA) is 64.3 Å². The molecule has 2 atom stereocenters. The van der Waals surface area contributed by atoms with Crippen molar-refractivity contribution in [2.45, 2.75) is 24.9 Å². The van der Waals surface area contributed by atoms with Crippen LogP contribution < -0.4 is 11.1 Å². The van der Waals surface area contributed by atoms with E-state index in [1.165, 1.54) is 7.11 Å². The molecular formula is C7H14N2O2. The number of hydrogen-bond donors (Lipinski definition) is 2. The monoisotopic (exact) mass is 158 g/mol. The second-order valence-electron chi connectivity index (χ2n) is 2.81. The molecule has 4 nitrogen and oxygen atoms in total. The molecule has 3 N–H and O–H groups in total. The van der Waals surface area contributed by atoms with E-state index in [2.05, 4.69) is 10.1 Å². The average Bonchev–Trinajstić information content (AvgIpc) is 2.03. The molecule has 0 amide bonds. The van der Waals surface area contributed by atoms with Gasteiger partial charge in [0.25, 0.3) is 0 Å². The van der Waals surface area contributed by atoms with E-state index < -0.39 is 0 Å². The summed E-state index contributed by atoms with van der Waals surface area (Å²) in [5.41, 5.74) is 5.67. The van der Waals surface area contributed by atoms with Crippen LogP contribution in [0.4, 0.5) is 0 Å². The Kier molecular flexibility index (Phi) is 2.84. The minimum Gasteiger partial charge on any atom is -0.468 e. The molecule has 0 saturated carbocycles. The van der Waals surface area contributed by atoms with Crippen molar-refractivity contribution in [2.24, 2.45) is 5.73 Å². The molecule has 0 radical (unpaired) electrons. The highest BCUT2D eigenvalue weighted by atomic mass is 16.5. The fourth-order valence-electron chi connectivity index (χ4n) is 1.27. The summed E-state index contributed by atoms with van der Waals surface area (Å²) in [6, 6.07) is -0.0518. The van der Waals surface area contributed by atoms with Crippen LogP contribution in [0.1, 0.15) is 12.8 Å². The van der Waals surface area contributed by atoms with Gasteiger partial charge in [-0.25, -0.2) is 0 Å². The van der Waals surface area contributed by atoms with Gasteiger partial charge in [0.15, 0.2) is 0 Å². The average molecular weight is 158 g/mol. The van der Waals surface area contributed by atoms with Gasteiger partial charge in [0.1, 0.15) is 6.04 Å². The minimum atomic E-state index is -0.208. The third-order valence-corrected chi connectivity index (χ3v) is 1.93. The van der Waals surface area contributed by atoms with Crippen molar-refractivity contribution < 1.29 is 9.53 Å². The molecule has 0 aliphatic carbocycles. The Morgan fingerprint density at radius 3 is 3.00 bits per heavy atom. The van der Waals surface area contributed by atoms with Gasteiger partial charge in [0.2, 0.25) is 0 Å². The SMILES string of the molecule is COC(=O)[C@H]1C[C@@H](N)CCN1. The maximum absolute atomic E-state index is 11.0. The number of esters is 1. The fraction of sp³-hybridized carbons (Fsp3) is 0.857. The molecule has 1 saturated heterocycles. The van der Waals surface area contributed by atoms with Gasteiger partial charge in [-0.15, -0.1) is 0 Å². The van der Waals surface area contributed by atoms with E-state index in [1.54, 1.807) is 0 Å². The van der Waals surface area contributed by atoms with Crippen molar-refractivity contribution in [2.75, 3.05) is 13.7 Å². The largest absolute Gasteiger partial charge is 0.468 e. The molecule has 0 spiro atoms. The summed E-state index contributed by atoms with van der Waals surface area (Å²) in [7, 11) is 1.39. The second kappa shape index (κ2) is 3.69. The molecule has 0 aromatic rings. The van der Waals surface area contributed by atoms with Crippen molar-refractivity contribution in [3.8, 4) is 0 Å². The van der Waals surface area contributed by atoms with E-state index in [1.807, 2.05) is 0 Å². The van der Waals surface area contributed by atoms with Crippen molar-refractivity contribution in [1.29, 1.82) is 0 Å². The van der Waals surface area contributed by atoms with Gasteiger partial charge in [-0.05, 0) is 19.4 Å². The number of hydrogen-bond acceptors (Lipinski definition) is 4. The number of carbonyl (C=O) groups is 1. The number of rotatable bonds is 1. The van der Waals surface area contributed by atoms with Crippen molar-refractivity contribution in [3.05, 3.63) is 0 Å². The highest BCUT2D eigenvalue weighted by Crippen LogP contribution is 2.06. The number of nitrogens with two attached hydrogens (primary N) is 1. The van der Waals surface area contributed by atoms with Crippen LogP contribution in [0.2, 0.25) is 0 Å². The lowest BCUT2D eigenvalue weighted by Gasteiger charge is -2.25. The van der Waals surface area contributed by atoms with E-state index in [4.69, 9.17) is 5.73 Å². The van der Waals surface area contributed by atoms with Gasteiger partial charge in [-0.3, -0.25) is 4.79 Å². The Hall–Kier alpha value is -0.610. The van der Waals surface area contributed by atoms with Crippen LogP contribution >= 0.6 is 0 Å². The highest BCUT2D eigenvalue weighted by Gasteiger charge is 2.24. The number of nitrogens with one attached hydrogen (secondary N) is 1. The van der Waals surface area contributed by atoms with Crippen LogP contribution in [-0.2, 0) is 9.53 Å². The molecule has 1 rings (SSSR count). The zero-order valence-electron chi connectivity index (χ0n) is 6.67. The summed E-state index contributed by atoms with van der Waals surface area (Å²) in [4.78, 5) is 11.0. The van der Waals surface area contributed by atoms with Crippen LogP contribution in [0.5, 0.6) is 0 Å². The first-order valence-corrected chi connectivity index (χ1v) is 3.81. The van der Waals surface area contributed by atoms with Gasteiger partial charge < -0.3 is 15.8 Å². The Morgan fingerprint density at radius 1 is 1.73 bits per heavy atom. The van der Waals surface area contributed by atoms with Crippen molar-refractivity contribution >= 4 is 5.97 Å². The molecule has 1 aliphatic heterocycles. The third kappa shape index (κ3) is 2.17. The Bertz CT molecular complexity index is 149. The van der Waals surface area contributed by atoms with Gasteiger partial charge in [0.05, 0.1) is 7.11 Å². The molecule has 0 aromatic carbocycles. The maximum Gasteiger partial charge on any atom is 0.322 e. The predicted molar refractivity (Wildman–Crippen MR) is 41.0 cm³/mol. The summed E-state index contributed by atoms with van der Waals surface area (Å²) < 4.78 is 4.58. The summed E-state index contributed by atoms with van der Waals surface area (Å²) in [5, 5.41) is 3.05. The Morgan fingerprint density at radius 2 is 2.45 bits per heavy atom. The van der Waals surface area contributed by atoms with Gasteiger partial charge in [-0.2, -0.15) is 0 Å². The Labute approximate surface area is 66.1 Å². The Balaban J connectivity index is 2.39. The summed E-state index contributed by atoms with van der Waals surface area (Å²) in [5.74, 6) is -0.208. The zero-order chi connectivity index (χ0) is 8.27.